The molecule has 1 aliphatic rings. The molecule has 0 spiro atoms. The molecule has 44 heavy (non-hydrogen) atoms. The lowest BCUT2D eigenvalue weighted by Crippen LogP contribution is -2.29. The van der Waals surface area contributed by atoms with Gasteiger partial charge in [-0.2, -0.15) is 0 Å². The summed E-state index contributed by atoms with van der Waals surface area (Å²) in [5.74, 6) is 0.354. The van der Waals surface area contributed by atoms with E-state index in [2.05, 4.69) is 48.2 Å². The maximum atomic E-state index is 12.1. The molecule has 1 aromatic heterocycles. The molecule has 11 heteroatoms. The highest BCUT2D eigenvalue weighted by Gasteiger charge is 2.25. The molecule has 0 saturated carbocycles. The molecule has 246 valence electrons. The van der Waals surface area contributed by atoms with Gasteiger partial charge in [0.15, 0.2) is 0 Å². The van der Waals surface area contributed by atoms with Crippen molar-refractivity contribution < 1.29 is 24.3 Å². The fourth-order valence-electron chi connectivity index (χ4n) is 4.26. The van der Waals surface area contributed by atoms with Gasteiger partial charge in [-0.25, -0.2) is 4.98 Å². The Morgan fingerprint density at radius 1 is 1.20 bits per heavy atom. The predicted molar refractivity (Wildman–Crippen MR) is 179 cm³/mol. The smallest absolute Gasteiger partial charge is 0.230 e. The van der Waals surface area contributed by atoms with E-state index in [-0.39, 0.29) is 12.3 Å². The van der Waals surface area contributed by atoms with Gasteiger partial charge in [-0.1, -0.05) is 75.4 Å². The lowest BCUT2D eigenvalue weighted by atomic mass is 10.1. The van der Waals surface area contributed by atoms with Crippen LogP contribution >= 0.6 is 11.3 Å². The molecular formula is C33H53N5O5S. The molecule has 0 radical (unpaired) electrons. The third kappa shape index (κ3) is 17.2. The summed E-state index contributed by atoms with van der Waals surface area (Å²) in [4.78, 5) is 34.4. The minimum atomic E-state index is -0.423. The Labute approximate surface area is 267 Å². The molecule has 1 saturated heterocycles. The lowest BCUT2D eigenvalue weighted by Gasteiger charge is -2.15. The first-order valence-corrected chi connectivity index (χ1v) is 16.5. The molecule has 1 unspecified atom stereocenters. The van der Waals surface area contributed by atoms with E-state index >= 15 is 0 Å². The van der Waals surface area contributed by atoms with E-state index in [1.807, 2.05) is 24.6 Å². The molecule has 3 rings (SSSR count). The number of benzene rings is 1. The number of aliphatic hydroxyl groups excluding tert-OH is 1. The maximum Gasteiger partial charge on any atom is 0.230 e. The average Bonchev–Trinajstić information content (AvgIpc) is 3.66. The summed E-state index contributed by atoms with van der Waals surface area (Å²) in [7, 11) is 0. The highest BCUT2D eigenvalue weighted by atomic mass is 32.1. The van der Waals surface area contributed by atoms with Gasteiger partial charge >= 0.3 is 0 Å². The second kappa shape index (κ2) is 25.2. The summed E-state index contributed by atoms with van der Waals surface area (Å²) in [5, 5.41) is 15.5. The van der Waals surface area contributed by atoms with E-state index in [0.717, 1.165) is 37.1 Å². The van der Waals surface area contributed by atoms with Crippen LogP contribution in [-0.4, -0.2) is 73.0 Å². The molecule has 0 aliphatic carbocycles. The number of thiazole rings is 1. The Bertz CT molecular complexity index is 1080. The summed E-state index contributed by atoms with van der Waals surface area (Å²) in [6, 6.07) is 8.15. The summed E-state index contributed by atoms with van der Waals surface area (Å²) in [6.45, 7) is 12.9. The van der Waals surface area contributed by atoms with E-state index in [4.69, 9.17) is 15.3 Å². The first-order valence-electron chi connectivity index (χ1n) is 15.6. The van der Waals surface area contributed by atoms with E-state index in [1.165, 1.54) is 36.1 Å². The van der Waals surface area contributed by atoms with Crippen molar-refractivity contribution in [3.05, 3.63) is 52.9 Å². The summed E-state index contributed by atoms with van der Waals surface area (Å²) < 4.78 is 5.56. The number of carbonyl (C=O) groups is 2. The molecule has 1 aliphatic heterocycles. The summed E-state index contributed by atoms with van der Waals surface area (Å²) in [6.07, 6.45) is 10.9. The quantitative estimate of drug-likeness (QED) is 0.0641. The molecule has 2 heterocycles. The first kappa shape index (κ1) is 38.9. The number of rotatable bonds is 18. The molecule has 0 bridgehead atoms. The number of ether oxygens (including phenoxy) is 1. The SMILES string of the molecule is C=NO/C(=C\COCCCCCCCCN)CC(=O)N1CCC(O)C1.CCC.Cc1ncsc1-c1ccc(CNC=O)cc1. The fraction of sp³-hybridized carbons (Fsp3) is 0.576. The van der Waals surface area contributed by atoms with E-state index < -0.39 is 6.10 Å². The third-order valence-corrected chi connectivity index (χ3v) is 7.52. The first-order chi connectivity index (χ1) is 21.4. The van der Waals surface area contributed by atoms with Crippen LogP contribution < -0.4 is 11.1 Å². The summed E-state index contributed by atoms with van der Waals surface area (Å²) in [5.41, 5.74) is 10.6. The third-order valence-electron chi connectivity index (χ3n) is 6.55. The molecule has 10 nitrogen and oxygen atoms in total. The van der Waals surface area contributed by atoms with Crippen LogP contribution in [0.4, 0.5) is 0 Å². The van der Waals surface area contributed by atoms with Crippen LogP contribution in [0, 0.1) is 6.92 Å². The number of aromatic nitrogens is 1. The Morgan fingerprint density at radius 2 is 1.89 bits per heavy atom. The van der Waals surface area contributed by atoms with Gasteiger partial charge < -0.3 is 30.6 Å². The van der Waals surface area contributed by atoms with Crippen LogP contribution in [0.15, 0.2) is 46.8 Å². The average molecular weight is 632 g/mol. The van der Waals surface area contributed by atoms with Crippen molar-refractivity contribution >= 4 is 30.4 Å². The maximum absolute atomic E-state index is 12.1. The second-order valence-corrected chi connectivity index (χ2v) is 11.4. The number of hydrogen-bond acceptors (Lipinski definition) is 9. The van der Waals surface area contributed by atoms with Gasteiger partial charge in [0.1, 0.15) is 5.76 Å². The number of aliphatic hydroxyl groups is 1. The Hall–Kier alpha value is -3.12. The van der Waals surface area contributed by atoms with Crippen molar-refractivity contribution in [3.8, 4) is 10.4 Å². The summed E-state index contributed by atoms with van der Waals surface area (Å²) >= 11 is 1.64. The van der Waals surface area contributed by atoms with E-state index in [9.17, 15) is 14.7 Å². The monoisotopic (exact) mass is 631 g/mol. The van der Waals surface area contributed by atoms with Crippen LogP contribution in [0.3, 0.4) is 0 Å². The van der Waals surface area contributed by atoms with E-state index in [1.54, 1.807) is 22.3 Å². The van der Waals surface area contributed by atoms with Crippen LogP contribution in [-0.2, 0) is 25.7 Å². The topological polar surface area (TPSA) is 139 Å². The molecule has 2 amide bonds. The fourth-order valence-corrected chi connectivity index (χ4v) is 5.07. The van der Waals surface area contributed by atoms with Gasteiger partial charge in [0.2, 0.25) is 12.3 Å². The van der Waals surface area contributed by atoms with Crippen molar-refractivity contribution in [2.45, 2.75) is 91.2 Å². The molecule has 1 fully saturated rings. The van der Waals surface area contributed by atoms with Crippen molar-refractivity contribution in [1.82, 2.24) is 15.2 Å². The Balaban J connectivity index is 0.000000434. The number of nitrogens with zero attached hydrogens (tertiary/aromatic N) is 3. The number of amides is 2. The normalized spacial score (nSPS) is 14.2. The molecular weight excluding hydrogens is 578 g/mol. The van der Waals surface area contributed by atoms with Crippen molar-refractivity contribution in [2.75, 3.05) is 32.8 Å². The lowest BCUT2D eigenvalue weighted by molar-refractivity contribution is -0.130. The largest absolute Gasteiger partial charge is 0.391 e. The standard InChI is InChI=1S/C18H33N3O4.C12H12N2OS.C3H8/c1-20-25-17(14-18(23)21-11-8-16(22)15-21)9-13-24-12-7-5-3-2-4-6-10-19;1-9-12(16-8-14-9)11-4-2-10(3-5-11)6-13-7-15;1-3-2/h9,16,22H,1-8,10-15,19H2;2-5,7-8H,6H2,1H3,(H,13,15);3H2,1-2H3/b17-9-;;. The molecule has 1 aromatic carbocycles. The van der Waals surface area contributed by atoms with Gasteiger partial charge in [-0.15, -0.1) is 11.3 Å². The minimum absolute atomic E-state index is 0.0797. The van der Waals surface area contributed by atoms with E-state index in [0.29, 0.717) is 51.4 Å². The highest BCUT2D eigenvalue weighted by molar-refractivity contribution is 7.13. The molecule has 1 atom stereocenters. The zero-order valence-corrected chi connectivity index (χ0v) is 27.7. The van der Waals surface area contributed by atoms with Gasteiger partial charge in [-0.3, -0.25) is 9.59 Å². The van der Waals surface area contributed by atoms with Crippen molar-refractivity contribution in [1.29, 1.82) is 0 Å². The molecule has 4 N–H and O–H groups in total. The van der Waals surface area contributed by atoms with Crippen LogP contribution in [0.1, 0.15) is 82.9 Å². The van der Waals surface area contributed by atoms with Gasteiger partial charge in [0.05, 0.1) is 35.2 Å². The number of nitrogens with one attached hydrogen (secondary N) is 1. The van der Waals surface area contributed by atoms with Gasteiger partial charge in [-0.05, 0) is 49.9 Å². The number of hydrogen-bond donors (Lipinski definition) is 3. The minimum Gasteiger partial charge on any atom is -0.391 e. The number of likely N-dealkylation sites (tertiary alicyclic amines) is 1. The highest BCUT2D eigenvalue weighted by Crippen LogP contribution is 2.27. The Kier molecular flexibility index (Phi) is 22.3. The van der Waals surface area contributed by atoms with Crippen LogP contribution in [0.25, 0.3) is 10.4 Å². The van der Waals surface area contributed by atoms with Gasteiger partial charge in [0.25, 0.3) is 0 Å². The van der Waals surface area contributed by atoms with Crippen LogP contribution in [0.5, 0.6) is 0 Å². The second-order valence-electron chi connectivity index (χ2n) is 10.5. The number of aryl methyl sites for hydroxylation is 1. The number of β-amino-alcohol motifs (C(OH)–C–C–N with tert-alkyl or cyclic N) is 1. The number of nitrogens with two attached hydrogens (primary N) is 1. The zero-order chi connectivity index (χ0) is 32.4. The predicted octanol–water partition coefficient (Wildman–Crippen LogP) is 5.58. The van der Waals surface area contributed by atoms with Crippen LogP contribution in [0.2, 0.25) is 0 Å². The van der Waals surface area contributed by atoms with Gasteiger partial charge in [0, 0.05) is 33.0 Å². The number of carbonyl (C=O) groups excluding carboxylic acids is 2. The Morgan fingerprint density at radius 3 is 2.45 bits per heavy atom. The number of unbranched alkanes of at least 4 members (excludes halogenated alkanes) is 5. The molecule has 2 aromatic rings. The number of oxime groups is 1. The van der Waals surface area contributed by atoms with Crippen molar-refractivity contribution in [3.63, 3.8) is 0 Å². The van der Waals surface area contributed by atoms with Crippen molar-refractivity contribution in [2.24, 2.45) is 10.9 Å². The zero-order valence-electron chi connectivity index (χ0n) is 26.8.